The van der Waals surface area contributed by atoms with Crippen LogP contribution in [0.1, 0.15) is 0 Å². The molecule has 6 heteroatoms. The van der Waals surface area contributed by atoms with E-state index >= 15 is 0 Å². The molecule has 0 bridgehead atoms. The van der Waals surface area contributed by atoms with E-state index < -0.39 is 5.82 Å². The SMILES string of the molecule is Fc1cc(Cl)ncc1-c1nncs1. The number of hydrogen-bond donors (Lipinski definition) is 0. The van der Waals surface area contributed by atoms with Crippen LogP contribution in [0.4, 0.5) is 4.39 Å². The molecule has 0 unspecified atom stereocenters. The minimum absolute atomic E-state index is 0.130. The molecule has 3 nitrogen and oxygen atoms in total. The average molecular weight is 216 g/mol. The highest BCUT2D eigenvalue weighted by Gasteiger charge is 2.08. The largest absolute Gasteiger partial charge is 0.244 e. The van der Waals surface area contributed by atoms with Crippen LogP contribution in [0.25, 0.3) is 10.6 Å². The van der Waals surface area contributed by atoms with Crippen molar-refractivity contribution in [1.29, 1.82) is 0 Å². The van der Waals surface area contributed by atoms with Gasteiger partial charge in [0.2, 0.25) is 0 Å². The lowest BCUT2D eigenvalue weighted by molar-refractivity contribution is 0.629. The topological polar surface area (TPSA) is 38.7 Å². The van der Waals surface area contributed by atoms with Crippen molar-refractivity contribution >= 4 is 22.9 Å². The van der Waals surface area contributed by atoms with Crippen molar-refractivity contribution in [3.8, 4) is 10.6 Å². The Hall–Kier alpha value is -1.07. The highest BCUT2D eigenvalue weighted by Crippen LogP contribution is 2.24. The number of halogens is 2. The van der Waals surface area contributed by atoms with Gasteiger partial charge in [-0.25, -0.2) is 9.37 Å². The first-order valence-electron chi connectivity index (χ1n) is 3.35. The fourth-order valence-electron chi connectivity index (χ4n) is 0.855. The van der Waals surface area contributed by atoms with Crippen molar-refractivity contribution in [2.24, 2.45) is 0 Å². The summed E-state index contributed by atoms with van der Waals surface area (Å²) < 4.78 is 13.2. The first-order valence-corrected chi connectivity index (χ1v) is 4.61. The smallest absolute Gasteiger partial charge is 0.152 e. The molecule has 13 heavy (non-hydrogen) atoms. The molecule has 0 aliphatic heterocycles. The van der Waals surface area contributed by atoms with Crippen molar-refractivity contribution in [3.63, 3.8) is 0 Å². The van der Waals surface area contributed by atoms with E-state index in [1.54, 1.807) is 0 Å². The van der Waals surface area contributed by atoms with Crippen molar-refractivity contribution < 1.29 is 4.39 Å². The van der Waals surface area contributed by atoms with Gasteiger partial charge in [0.25, 0.3) is 0 Å². The van der Waals surface area contributed by atoms with Gasteiger partial charge in [-0.1, -0.05) is 22.9 Å². The Labute approximate surface area is 82.2 Å². The summed E-state index contributed by atoms with van der Waals surface area (Å²) in [7, 11) is 0. The Morgan fingerprint density at radius 2 is 2.31 bits per heavy atom. The third-order valence-corrected chi connectivity index (χ3v) is 2.34. The summed E-state index contributed by atoms with van der Waals surface area (Å²) in [5.41, 5.74) is 1.86. The van der Waals surface area contributed by atoms with Crippen LogP contribution >= 0.6 is 22.9 Å². The number of nitrogens with zero attached hydrogens (tertiary/aromatic N) is 3. The van der Waals surface area contributed by atoms with Crippen molar-refractivity contribution in [3.05, 3.63) is 28.7 Å². The maximum Gasteiger partial charge on any atom is 0.152 e. The van der Waals surface area contributed by atoms with Crippen LogP contribution in [-0.4, -0.2) is 15.2 Å². The van der Waals surface area contributed by atoms with Crippen LogP contribution in [0.5, 0.6) is 0 Å². The molecule has 0 fully saturated rings. The van der Waals surface area contributed by atoms with E-state index in [2.05, 4.69) is 15.2 Å². The van der Waals surface area contributed by atoms with E-state index in [1.807, 2.05) is 0 Å². The van der Waals surface area contributed by atoms with E-state index in [-0.39, 0.29) is 5.15 Å². The maximum absolute atomic E-state index is 13.2. The Morgan fingerprint density at radius 1 is 1.46 bits per heavy atom. The third-order valence-electron chi connectivity index (χ3n) is 1.41. The number of hydrogen-bond acceptors (Lipinski definition) is 4. The van der Waals surface area contributed by atoms with Crippen molar-refractivity contribution in [2.75, 3.05) is 0 Å². The van der Waals surface area contributed by atoms with E-state index in [0.29, 0.717) is 10.6 Å². The highest BCUT2D eigenvalue weighted by molar-refractivity contribution is 7.12. The minimum Gasteiger partial charge on any atom is -0.244 e. The molecule has 0 N–H and O–H groups in total. The lowest BCUT2D eigenvalue weighted by Gasteiger charge is -1.96. The van der Waals surface area contributed by atoms with E-state index in [4.69, 9.17) is 11.6 Å². The third kappa shape index (κ3) is 1.66. The molecule has 0 atom stereocenters. The summed E-state index contributed by atoms with van der Waals surface area (Å²) in [6.45, 7) is 0. The summed E-state index contributed by atoms with van der Waals surface area (Å²) >= 11 is 6.75. The molecule has 0 amide bonds. The summed E-state index contributed by atoms with van der Waals surface area (Å²) in [6.07, 6.45) is 1.35. The fraction of sp³-hybridized carbons (Fsp3) is 0. The number of rotatable bonds is 1. The van der Waals surface area contributed by atoms with Gasteiger partial charge in [0.05, 0.1) is 5.56 Å². The molecule has 0 aromatic carbocycles. The molecule has 0 aliphatic rings. The van der Waals surface area contributed by atoms with Gasteiger partial charge in [0.15, 0.2) is 5.01 Å². The Morgan fingerprint density at radius 3 is 2.92 bits per heavy atom. The minimum atomic E-state index is -0.434. The summed E-state index contributed by atoms with van der Waals surface area (Å²) in [6, 6.07) is 1.15. The average Bonchev–Trinajstić information content (AvgIpc) is 2.56. The van der Waals surface area contributed by atoms with Gasteiger partial charge in [-0.15, -0.1) is 10.2 Å². The molecular formula is C7H3ClFN3S. The number of aromatic nitrogens is 3. The molecule has 0 radical (unpaired) electrons. The lowest BCUT2D eigenvalue weighted by atomic mass is 10.3. The molecule has 0 saturated carbocycles. The first-order chi connectivity index (χ1) is 6.27. The van der Waals surface area contributed by atoms with Gasteiger partial charge in [-0.3, -0.25) is 0 Å². The molecule has 2 rings (SSSR count). The molecule has 2 aromatic heterocycles. The van der Waals surface area contributed by atoms with Crippen LogP contribution in [0.15, 0.2) is 17.8 Å². The zero-order chi connectivity index (χ0) is 9.26. The second-order valence-electron chi connectivity index (χ2n) is 2.23. The van der Waals surface area contributed by atoms with Gasteiger partial charge < -0.3 is 0 Å². The molecule has 66 valence electrons. The molecule has 0 saturated heterocycles. The van der Waals surface area contributed by atoms with Gasteiger partial charge in [0.1, 0.15) is 16.5 Å². The molecule has 2 aromatic rings. The summed E-state index contributed by atoms with van der Waals surface area (Å²) in [4.78, 5) is 3.76. The summed E-state index contributed by atoms with van der Waals surface area (Å²) in [5, 5.41) is 7.96. The normalized spacial score (nSPS) is 10.3. The zero-order valence-corrected chi connectivity index (χ0v) is 7.81. The predicted molar refractivity (Wildman–Crippen MR) is 48.1 cm³/mol. The van der Waals surface area contributed by atoms with E-state index in [1.165, 1.54) is 23.0 Å². The molecule has 0 spiro atoms. The van der Waals surface area contributed by atoms with Crippen molar-refractivity contribution in [2.45, 2.75) is 0 Å². The Bertz CT molecular complexity index is 418. The lowest BCUT2D eigenvalue weighted by Crippen LogP contribution is -1.86. The zero-order valence-electron chi connectivity index (χ0n) is 6.24. The van der Waals surface area contributed by atoms with Gasteiger partial charge in [0, 0.05) is 12.3 Å². The van der Waals surface area contributed by atoms with Crippen LogP contribution < -0.4 is 0 Å². The Kier molecular flexibility index (Phi) is 2.20. The van der Waals surface area contributed by atoms with Crippen LogP contribution in [0, 0.1) is 5.82 Å². The second kappa shape index (κ2) is 3.35. The molecular weight excluding hydrogens is 213 g/mol. The first kappa shape index (κ1) is 8.52. The molecule has 0 aliphatic carbocycles. The fourth-order valence-corrected chi connectivity index (χ4v) is 1.57. The van der Waals surface area contributed by atoms with Gasteiger partial charge in [-0.05, 0) is 0 Å². The summed E-state index contributed by atoms with van der Waals surface area (Å²) in [5.74, 6) is -0.434. The van der Waals surface area contributed by atoms with Crippen LogP contribution in [0.3, 0.4) is 0 Å². The number of pyridine rings is 1. The maximum atomic E-state index is 13.2. The van der Waals surface area contributed by atoms with E-state index in [0.717, 1.165) is 6.07 Å². The Balaban J connectivity index is 2.53. The van der Waals surface area contributed by atoms with Crippen LogP contribution in [-0.2, 0) is 0 Å². The molecule has 2 heterocycles. The van der Waals surface area contributed by atoms with Gasteiger partial charge >= 0.3 is 0 Å². The van der Waals surface area contributed by atoms with E-state index in [9.17, 15) is 4.39 Å². The second-order valence-corrected chi connectivity index (χ2v) is 3.45. The van der Waals surface area contributed by atoms with Crippen LogP contribution in [0.2, 0.25) is 5.15 Å². The quantitative estimate of drug-likeness (QED) is 0.686. The standard InChI is InChI=1S/C7H3ClFN3S/c8-6-1-5(9)4(2-10-6)7-12-11-3-13-7/h1-3H. The highest BCUT2D eigenvalue weighted by atomic mass is 35.5. The monoisotopic (exact) mass is 215 g/mol. The predicted octanol–water partition coefficient (Wildman–Crippen LogP) is 2.39. The van der Waals surface area contributed by atoms with Gasteiger partial charge in [-0.2, -0.15) is 0 Å². The van der Waals surface area contributed by atoms with Crippen molar-refractivity contribution in [1.82, 2.24) is 15.2 Å².